The van der Waals surface area contributed by atoms with Gasteiger partial charge in [-0.1, -0.05) is 29.3 Å². The highest BCUT2D eigenvalue weighted by atomic mass is 35.5. The Morgan fingerprint density at radius 1 is 1.11 bits per heavy atom. The minimum atomic E-state index is 0.0753. The van der Waals surface area contributed by atoms with Crippen molar-refractivity contribution < 1.29 is 4.79 Å². The molecule has 0 N–H and O–H groups in total. The molecule has 5 heteroatoms. The van der Waals surface area contributed by atoms with Crippen molar-refractivity contribution in [3.05, 3.63) is 40.4 Å². The Labute approximate surface area is 123 Å². The largest absolute Gasteiger partial charge is 0.368 e. The lowest BCUT2D eigenvalue weighted by atomic mass is 10.2. The van der Waals surface area contributed by atoms with Crippen LogP contribution in [0.5, 0.6) is 0 Å². The summed E-state index contributed by atoms with van der Waals surface area (Å²) < 4.78 is 0. The highest BCUT2D eigenvalue weighted by Crippen LogP contribution is 2.26. The van der Waals surface area contributed by atoms with E-state index in [1.807, 2.05) is 24.0 Å². The van der Waals surface area contributed by atoms with Gasteiger partial charge in [-0.2, -0.15) is 0 Å². The van der Waals surface area contributed by atoms with Crippen molar-refractivity contribution in [2.45, 2.75) is 6.92 Å². The zero-order chi connectivity index (χ0) is 13.8. The SMILES string of the molecule is C/C=C/C(=O)N1CCN(c2cc(Cl)cc(Cl)c2)CC1. The van der Waals surface area contributed by atoms with E-state index < -0.39 is 0 Å². The zero-order valence-electron chi connectivity index (χ0n) is 10.8. The van der Waals surface area contributed by atoms with Crippen molar-refractivity contribution in [2.24, 2.45) is 0 Å². The van der Waals surface area contributed by atoms with Gasteiger partial charge in [0.25, 0.3) is 0 Å². The van der Waals surface area contributed by atoms with Gasteiger partial charge in [0.15, 0.2) is 0 Å². The second kappa shape index (κ2) is 6.31. The molecular weight excluding hydrogens is 283 g/mol. The molecule has 0 bridgehead atoms. The van der Waals surface area contributed by atoms with Gasteiger partial charge in [0.2, 0.25) is 5.91 Å². The molecule has 19 heavy (non-hydrogen) atoms. The smallest absolute Gasteiger partial charge is 0.246 e. The third kappa shape index (κ3) is 3.64. The molecule has 0 saturated carbocycles. The number of benzene rings is 1. The van der Waals surface area contributed by atoms with Crippen LogP contribution in [-0.4, -0.2) is 37.0 Å². The summed E-state index contributed by atoms with van der Waals surface area (Å²) in [5, 5.41) is 1.27. The van der Waals surface area contributed by atoms with Crippen molar-refractivity contribution in [1.29, 1.82) is 0 Å². The summed E-state index contributed by atoms with van der Waals surface area (Å²) in [6.45, 7) is 4.86. The maximum absolute atomic E-state index is 11.7. The molecule has 1 aromatic rings. The fraction of sp³-hybridized carbons (Fsp3) is 0.357. The van der Waals surface area contributed by atoms with E-state index in [0.717, 1.165) is 18.8 Å². The van der Waals surface area contributed by atoms with Gasteiger partial charge in [0.1, 0.15) is 0 Å². The number of allylic oxidation sites excluding steroid dienone is 1. The van der Waals surface area contributed by atoms with E-state index in [1.165, 1.54) is 0 Å². The van der Waals surface area contributed by atoms with Gasteiger partial charge in [-0.3, -0.25) is 4.79 Å². The number of nitrogens with zero attached hydrogens (tertiary/aromatic N) is 2. The molecule has 0 unspecified atom stereocenters. The maximum atomic E-state index is 11.7. The third-order valence-electron chi connectivity index (χ3n) is 3.11. The molecule has 2 rings (SSSR count). The van der Waals surface area contributed by atoms with E-state index in [0.29, 0.717) is 23.1 Å². The van der Waals surface area contributed by atoms with Crippen LogP contribution in [0.1, 0.15) is 6.92 Å². The van der Waals surface area contributed by atoms with E-state index in [4.69, 9.17) is 23.2 Å². The number of hydrogen-bond acceptors (Lipinski definition) is 2. The van der Waals surface area contributed by atoms with Crippen LogP contribution in [0.15, 0.2) is 30.4 Å². The molecule has 1 amide bonds. The summed E-state index contributed by atoms with van der Waals surface area (Å²) in [5.41, 5.74) is 1.01. The maximum Gasteiger partial charge on any atom is 0.246 e. The molecule has 0 radical (unpaired) electrons. The molecule has 1 aliphatic heterocycles. The summed E-state index contributed by atoms with van der Waals surface area (Å²) >= 11 is 12.0. The van der Waals surface area contributed by atoms with Gasteiger partial charge < -0.3 is 9.80 Å². The van der Waals surface area contributed by atoms with Crippen LogP contribution in [0.4, 0.5) is 5.69 Å². The van der Waals surface area contributed by atoms with Crippen LogP contribution in [0, 0.1) is 0 Å². The number of carbonyl (C=O) groups excluding carboxylic acids is 1. The molecule has 1 heterocycles. The molecule has 0 aromatic heterocycles. The number of amides is 1. The molecule has 1 fully saturated rings. The second-order valence-corrected chi connectivity index (χ2v) is 5.31. The van der Waals surface area contributed by atoms with Crippen LogP contribution < -0.4 is 4.90 Å². The zero-order valence-corrected chi connectivity index (χ0v) is 12.3. The van der Waals surface area contributed by atoms with E-state index in [-0.39, 0.29) is 5.91 Å². The predicted octanol–water partition coefficient (Wildman–Crippen LogP) is 3.22. The summed E-state index contributed by atoms with van der Waals surface area (Å²) in [6.07, 6.45) is 3.37. The Morgan fingerprint density at radius 2 is 1.68 bits per heavy atom. The first-order chi connectivity index (χ1) is 9.10. The number of carbonyl (C=O) groups is 1. The minimum Gasteiger partial charge on any atom is -0.368 e. The molecule has 3 nitrogen and oxygen atoms in total. The van der Waals surface area contributed by atoms with Gasteiger partial charge >= 0.3 is 0 Å². The topological polar surface area (TPSA) is 23.6 Å². The lowest BCUT2D eigenvalue weighted by molar-refractivity contribution is -0.126. The Bertz CT molecular complexity index is 474. The molecular formula is C14H16Cl2N2O. The Kier molecular flexibility index (Phi) is 4.72. The first kappa shape index (κ1) is 14.2. The van der Waals surface area contributed by atoms with Gasteiger partial charge in [-0.25, -0.2) is 0 Å². The minimum absolute atomic E-state index is 0.0753. The Morgan fingerprint density at radius 3 is 2.21 bits per heavy atom. The van der Waals surface area contributed by atoms with E-state index >= 15 is 0 Å². The number of piperazine rings is 1. The van der Waals surface area contributed by atoms with Crippen molar-refractivity contribution in [3.63, 3.8) is 0 Å². The summed E-state index contributed by atoms with van der Waals surface area (Å²) in [7, 11) is 0. The number of halogens is 2. The van der Waals surface area contributed by atoms with Crippen molar-refractivity contribution in [3.8, 4) is 0 Å². The van der Waals surface area contributed by atoms with Crippen LogP contribution in [0.2, 0.25) is 10.0 Å². The fourth-order valence-electron chi connectivity index (χ4n) is 2.15. The molecule has 0 spiro atoms. The molecule has 0 aliphatic carbocycles. The molecule has 0 atom stereocenters. The van der Waals surface area contributed by atoms with E-state index in [9.17, 15) is 4.79 Å². The van der Waals surface area contributed by atoms with Gasteiger partial charge in [0, 0.05) is 41.9 Å². The van der Waals surface area contributed by atoms with Gasteiger partial charge in [-0.15, -0.1) is 0 Å². The van der Waals surface area contributed by atoms with Crippen molar-refractivity contribution in [2.75, 3.05) is 31.1 Å². The van der Waals surface area contributed by atoms with Gasteiger partial charge in [-0.05, 0) is 31.2 Å². The van der Waals surface area contributed by atoms with Crippen LogP contribution in [-0.2, 0) is 4.79 Å². The third-order valence-corrected chi connectivity index (χ3v) is 3.55. The highest BCUT2D eigenvalue weighted by Gasteiger charge is 2.20. The highest BCUT2D eigenvalue weighted by molar-refractivity contribution is 6.35. The monoisotopic (exact) mass is 298 g/mol. The summed E-state index contributed by atoms with van der Waals surface area (Å²) in [5.74, 6) is 0.0753. The molecule has 1 aromatic carbocycles. The number of rotatable bonds is 2. The Hall–Kier alpha value is -1.19. The quantitative estimate of drug-likeness (QED) is 0.783. The average molecular weight is 299 g/mol. The predicted molar refractivity (Wildman–Crippen MR) is 80.1 cm³/mol. The van der Waals surface area contributed by atoms with Crippen molar-refractivity contribution >= 4 is 34.8 Å². The molecule has 1 saturated heterocycles. The normalized spacial score (nSPS) is 16.2. The average Bonchev–Trinajstić information content (AvgIpc) is 2.38. The summed E-state index contributed by atoms with van der Waals surface area (Å²) in [4.78, 5) is 15.8. The fourth-order valence-corrected chi connectivity index (χ4v) is 2.67. The first-order valence-corrected chi connectivity index (χ1v) is 6.98. The van der Waals surface area contributed by atoms with Crippen LogP contribution >= 0.6 is 23.2 Å². The van der Waals surface area contributed by atoms with E-state index in [1.54, 1.807) is 18.2 Å². The standard InChI is InChI=1S/C14H16Cl2N2O/c1-2-3-14(19)18-6-4-17(5-7-18)13-9-11(15)8-12(16)10-13/h2-3,8-10H,4-7H2,1H3/b3-2+. The second-order valence-electron chi connectivity index (χ2n) is 4.44. The van der Waals surface area contributed by atoms with E-state index in [2.05, 4.69) is 4.90 Å². The van der Waals surface area contributed by atoms with Crippen LogP contribution in [0.3, 0.4) is 0 Å². The van der Waals surface area contributed by atoms with Gasteiger partial charge in [0.05, 0.1) is 0 Å². The lowest BCUT2D eigenvalue weighted by Crippen LogP contribution is -2.48. The Balaban J connectivity index is 2.01. The number of anilines is 1. The number of hydrogen-bond donors (Lipinski definition) is 0. The lowest BCUT2D eigenvalue weighted by Gasteiger charge is -2.35. The molecule has 102 valence electrons. The van der Waals surface area contributed by atoms with Crippen LogP contribution in [0.25, 0.3) is 0 Å². The molecule has 1 aliphatic rings. The summed E-state index contributed by atoms with van der Waals surface area (Å²) in [6, 6.07) is 5.52. The first-order valence-electron chi connectivity index (χ1n) is 6.23. The van der Waals surface area contributed by atoms with Crippen molar-refractivity contribution in [1.82, 2.24) is 4.90 Å².